The molecule has 1 aromatic carbocycles. The van der Waals surface area contributed by atoms with Gasteiger partial charge in [-0.15, -0.1) is 0 Å². The summed E-state index contributed by atoms with van der Waals surface area (Å²) in [4.78, 5) is 23.7. The van der Waals surface area contributed by atoms with Gasteiger partial charge < -0.3 is 20.1 Å². The first-order chi connectivity index (χ1) is 9.50. The summed E-state index contributed by atoms with van der Waals surface area (Å²) in [5.74, 6) is -1.38. The summed E-state index contributed by atoms with van der Waals surface area (Å²) in [5, 5.41) is 28.0. The van der Waals surface area contributed by atoms with Crippen molar-refractivity contribution in [3.05, 3.63) is 35.9 Å². The zero-order valence-electron chi connectivity index (χ0n) is 10.5. The van der Waals surface area contributed by atoms with Crippen LogP contribution in [0.3, 0.4) is 0 Å². The van der Waals surface area contributed by atoms with Crippen LogP contribution in [0, 0.1) is 0 Å². The first-order valence-electron chi connectivity index (χ1n) is 6.07. The number of aliphatic hydroxyl groups is 2. The molecule has 2 rings (SSSR count). The van der Waals surface area contributed by atoms with E-state index in [1.807, 2.05) is 6.07 Å². The van der Waals surface area contributed by atoms with Crippen molar-refractivity contribution in [1.29, 1.82) is 0 Å². The van der Waals surface area contributed by atoms with Crippen LogP contribution in [0.25, 0.3) is 0 Å². The van der Waals surface area contributed by atoms with E-state index in [4.69, 9.17) is 9.84 Å². The van der Waals surface area contributed by atoms with E-state index in [1.165, 1.54) is 0 Å². The Bertz CT molecular complexity index is 491. The number of β-amino-alcohol motifs (C(OH)–C–C–N with tert-alkyl or cyclic N) is 1. The molecule has 3 N–H and O–H groups in total. The third-order valence-corrected chi connectivity index (χ3v) is 3.13. The number of carboxylic acids is 1. The summed E-state index contributed by atoms with van der Waals surface area (Å²) in [7, 11) is 0. The molecule has 3 atom stereocenters. The van der Waals surface area contributed by atoms with Crippen LogP contribution in [-0.2, 0) is 16.1 Å². The van der Waals surface area contributed by atoms with Gasteiger partial charge in [0.2, 0.25) is 0 Å². The highest BCUT2D eigenvalue weighted by atomic mass is 16.6. The van der Waals surface area contributed by atoms with Crippen molar-refractivity contribution in [2.45, 2.75) is 24.9 Å². The minimum Gasteiger partial charge on any atom is -0.480 e. The molecule has 0 aliphatic carbocycles. The smallest absolute Gasteiger partial charge is 0.411 e. The number of aliphatic hydroxyl groups excluding tert-OH is 2. The summed E-state index contributed by atoms with van der Waals surface area (Å²) < 4.78 is 4.99. The predicted octanol–water partition coefficient (Wildman–Crippen LogP) is -0.186. The summed E-state index contributed by atoms with van der Waals surface area (Å²) in [5.41, 5.74) is 0.757. The van der Waals surface area contributed by atoms with E-state index in [0.717, 1.165) is 10.5 Å². The Morgan fingerprint density at radius 3 is 2.50 bits per heavy atom. The summed E-state index contributed by atoms with van der Waals surface area (Å²) in [6.45, 7) is -0.277. The van der Waals surface area contributed by atoms with E-state index in [2.05, 4.69) is 0 Å². The molecule has 0 radical (unpaired) electrons. The van der Waals surface area contributed by atoms with Gasteiger partial charge in [-0.05, 0) is 5.56 Å². The molecule has 0 bridgehead atoms. The van der Waals surface area contributed by atoms with Crippen molar-refractivity contribution in [1.82, 2.24) is 4.90 Å². The van der Waals surface area contributed by atoms with Crippen LogP contribution >= 0.6 is 0 Å². The van der Waals surface area contributed by atoms with Crippen LogP contribution in [0.2, 0.25) is 0 Å². The fourth-order valence-corrected chi connectivity index (χ4v) is 2.09. The second-order valence-electron chi connectivity index (χ2n) is 4.53. The molecule has 108 valence electrons. The molecule has 20 heavy (non-hydrogen) atoms. The molecular formula is C13H15NO6. The molecule has 7 nitrogen and oxygen atoms in total. The zero-order valence-corrected chi connectivity index (χ0v) is 10.5. The number of benzene rings is 1. The van der Waals surface area contributed by atoms with E-state index in [-0.39, 0.29) is 13.2 Å². The number of likely N-dealkylation sites (tertiary alicyclic amines) is 1. The van der Waals surface area contributed by atoms with Crippen molar-refractivity contribution in [3.63, 3.8) is 0 Å². The summed E-state index contributed by atoms with van der Waals surface area (Å²) in [6.07, 6.45) is -3.69. The summed E-state index contributed by atoms with van der Waals surface area (Å²) >= 11 is 0. The molecule has 1 heterocycles. The second-order valence-corrected chi connectivity index (χ2v) is 4.53. The average molecular weight is 281 g/mol. The van der Waals surface area contributed by atoms with Crippen LogP contribution in [-0.4, -0.2) is 57.1 Å². The number of carbonyl (C=O) groups excluding carboxylic acids is 1. The van der Waals surface area contributed by atoms with Gasteiger partial charge in [0.05, 0.1) is 6.54 Å². The van der Waals surface area contributed by atoms with Crippen molar-refractivity contribution >= 4 is 12.1 Å². The number of carboxylic acid groups (broad SMARTS) is 1. The van der Waals surface area contributed by atoms with Gasteiger partial charge in [0.25, 0.3) is 0 Å². The lowest BCUT2D eigenvalue weighted by molar-refractivity contribution is -0.145. The first kappa shape index (κ1) is 14.3. The lowest BCUT2D eigenvalue weighted by atomic mass is 10.1. The highest BCUT2D eigenvalue weighted by Gasteiger charge is 2.47. The van der Waals surface area contributed by atoms with E-state index in [9.17, 15) is 19.8 Å². The maximum absolute atomic E-state index is 11.8. The van der Waals surface area contributed by atoms with Gasteiger partial charge in [-0.25, -0.2) is 9.59 Å². The average Bonchev–Trinajstić information content (AvgIpc) is 2.73. The van der Waals surface area contributed by atoms with Crippen LogP contribution < -0.4 is 0 Å². The van der Waals surface area contributed by atoms with Crippen LogP contribution in [0.5, 0.6) is 0 Å². The molecule has 0 saturated carbocycles. The van der Waals surface area contributed by atoms with Gasteiger partial charge in [0.1, 0.15) is 18.8 Å². The van der Waals surface area contributed by atoms with E-state index >= 15 is 0 Å². The van der Waals surface area contributed by atoms with Crippen LogP contribution in [0.15, 0.2) is 30.3 Å². The molecule has 1 saturated heterocycles. The lowest BCUT2D eigenvalue weighted by Crippen LogP contribution is -2.45. The molecule has 1 amide bonds. The Kier molecular flexibility index (Phi) is 4.21. The van der Waals surface area contributed by atoms with Crippen LogP contribution in [0.4, 0.5) is 4.79 Å². The van der Waals surface area contributed by atoms with Crippen molar-refractivity contribution < 1.29 is 29.6 Å². The topological polar surface area (TPSA) is 107 Å². The maximum Gasteiger partial charge on any atom is 0.411 e. The largest absolute Gasteiger partial charge is 0.480 e. The Labute approximate surface area is 115 Å². The molecule has 2 unspecified atom stereocenters. The van der Waals surface area contributed by atoms with E-state index in [1.54, 1.807) is 24.3 Å². The van der Waals surface area contributed by atoms with Gasteiger partial charge in [0, 0.05) is 0 Å². The fraction of sp³-hybridized carbons (Fsp3) is 0.385. The first-order valence-corrected chi connectivity index (χ1v) is 6.07. The predicted molar refractivity (Wildman–Crippen MR) is 66.8 cm³/mol. The van der Waals surface area contributed by atoms with Gasteiger partial charge in [-0.2, -0.15) is 0 Å². The molecule has 0 spiro atoms. The molecule has 0 aromatic heterocycles. The van der Waals surface area contributed by atoms with Crippen molar-refractivity contribution in [3.8, 4) is 0 Å². The van der Waals surface area contributed by atoms with Gasteiger partial charge in [-0.3, -0.25) is 4.90 Å². The van der Waals surface area contributed by atoms with Crippen molar-refractivity contribution in [2.75, 3.05) is 6.54 Å². The molecule has 1 aliphatic heterocycles. The quantitative estimate of drug-likeness (QED) is 0.709. The monoisotopic (exact) mass is 281 g/mol. The number of hydrogen-bond acceptors (Lipinski definition) is 5. The number of amides is 1. The SMILES string of the molecule is O=C(O)[C@@H]1C(O)C(O)CN1C(=O)OCc1ccccc1. The number of aliphatic carboxylic acids is 1. The van der Waals surface area contributed by atoms with Crippen LogP contribution in [0.1, 0.15) is 5.56 Å². The molecule has 7 heteroatoms. The highest BCUT2D eigenvalue weighted by Crippen LogP contribution is 2.20. The van der Waals surface area contributed by atoms with Gasteiger partial charge in [-0.1, -0.05) is 30.3 Å². The third kappa shape index (κ3) is 2.89. The van der Waals surface area contributed by atoms with Gasteiger partial charge in [0.15, 0.2) is 6.04 Å². The van der Waals surface area contributed by atoms with E-state index in [0.29, 0.717) is 0 Å². The molecule has 1 aromatic rings. The highest BCUT2D eigenvalue weighted by molar-refractivity contribution is 5.81. The Morgan fingerprint density at radius 2 is 1.90 bits per heavy atom. The minimum absolute atomic E-state index is 0.00526. The summed E-state index contributed by atoms with van der Waals surface area (Å²) in [6, 6.07) is 7.41. The second kappa shape index (κ2) is 5.89. The minimum atomic E-state index is -1.52. The third-order valence-electron chi connectivity index (χ3n) is 3.13. The number of rotatable bonds is 3. The van der Waals surface area contributed by atoms with Crippen molar-refractivity contribution in [2.24, 2.45) is 0 Å². The van der Waals surface area contributed by atoms with E-state index < -0.39 is 30.3 Å². The normalized spacial score (nSPS) is 25.5. The molecular weight excluding hydrogens is 266 g/mol. The molecule has 1 fully saturated rings. The Hall–Kier alpha value is -2.12. The standard InChI is InChI=1S/C13H15NO6/c15-9-6-14(10(11(9)16)12(17)18)13(19)20-7-8-4-2-1-3-5-8/h1-5,9-11,15-16H,6-7H2,(H,17,18)/t9?,10-,11?/m0/s1. The fourth-order valence-electron chi connectivity index (χ4n) is 2.09. The zero-order chi connectivity index (χ0) is 14.7. The number of ether oxygens (including phenoxy) is 1. The molecule has 1 aliphatic rings. The number of hydrogen-bond donors (Lipinski definition) is 3. The number of nitrogens with zero attached hydrogens (tertiary/aromatic N) is 1. The maximum atomic E-state index is 11.8. The Morgan fingerprint density at radius 1 is 1.25 bits per heavy atom. The lowest BCUT2D eigenvalue weighted by Gasteiger charge is -2.21. The Balaban J connectivity index is 1.99. The number of carbonyl (C=O) groups is 2. The van der Waals surface area contributed by atoms with Gasteiger partial charge >= 0.3 is 12.1 Å².